The number of thiophene rings is 1. The van der Waals surface area contributed by atoms with E-state index < -0.39 is 0 Å². The van der Waals surface area contributed by atoms with Crippen LogP contribution in [0.1, 0.15) is 31.4 Å². The molecule has 1 aromatic carbocycles. The third-order valence-electron chi connectivity index (χ3n) is 4.52. The van der Waals surface area contributed by atoms with Gasteiger partial charge in [0.2, 0.25) is 0 Å². The van der Waals surface area contributed by atoms with Gasteiger partial charge in [0.25, 0.3) is 0 Å². The van der Waals surface area contributed by atoms with Crippen LogP contribution < -0.4 is 5.69 Å². The summed E-state index contributed by atoms with van der Waals surface area (Å²) in [6.07, 6.45) is 1.05. The number of rotatable bonds is 8. The second-order valence-electron chi connectivity index (χ2n) is 7.34. The van der Waals surface area contributed by atoms with Crippen LogP contribution in [0, 0.1) is 12.8 Å². The first-order valence-corrected chi connectivity index (χ1v) is 10.5. The van der Waals surface area contributed by atoms with Crippen LogP contribution in [0.4, 0.5) is 0 Å². The summed E-state index contributed by atoms with van der Waals surface area (Å²) in [5, 5.41) is 4.46. The normalized spacial score (nSPS) is 11.3. The summed E-state index contributed by atoms with van der Waals surface area (Å²) >= 11 is 7.43. The van der Waals surface area contributed by atoms with Crippen LogP contribution >= 0.6 is 22.9 Å². The molecule has 2 heterocycles. The molecule has 0 aliphatic heterocycles. The number of benzene rings is 1. The summed E-state index contributed by atoms with van der Waals surface area (Å²) in [7, 11) is 0. The molecule has 148 valence electrons. The number of aryl methyl sites for hydroxylation is 2. The number of hydrogen-bond acceptors (Lipinski definition) is 4. The summed E-state index contributed by atoms with van der Waals surface area (Å²) < 4.78 is 3.56. The molecule has 0 N–H and O–H groups in total. The lowest BCUT2D eigenvalue weighted by Gasteiger charge is -2.06. The molecule has 7 heteroatoms. The average Bonchev–Trinajstić information content (AvgIpc) is 3.19. The Morgan fingerprint density at radius 1 is 1.21 bits per heavy atom. The highest BCUT2D eigenvalue weighted by atomic mass is 35.5. The molecule has 0 radical (unpaired) electrons. The maximum Gasteiger partial charge on any atom is 0.346 e. The van der Waals surface area contributed by atoms with Crippen molar-refractivity contribution in [1.29, 1.82) is 0 Å². The Kier molecular flexibility index (Phi) is 6.52. The Balaban J connectivity index is 1.79. The van der Waals surface area contributed by atoms with Gasteiger partial charge in [-0.05, 0) is 42.5 Å². The summed E-state index contributed by atoms with van der Waals surface area (Å²) in [6, 6.07) is 11.7. The van der Waals surface area contributed by atoms with Gasteiger partial charge in [-0.25, -0.2) is 9.48 Å². The van der Waals surface area contributed by atoms with Crippen molar-refractivity contribution < 1.29 is 4.79 Å². The first kappa shape index (κ1) is 20.6. The fraction of sp³-hybridized carbons (Fsp3) is 0.381. The topological polar surface area (TPSA) is 56.9 Å². The molecule has 0 saturated heterocycles. The quantitative estimate of drug-likeness (QED) is 0.538. The number of nitrogens with zero attached hydrogens (tertiary/aromatic N) is 3. The summed E-state index contributed by atoms with van der Waals surface area (Å²) in [6.45, 7) is 6.66. The molecular formula is C21H24ClN3O2S. The van der Waals surface area contributed by atoms with Crippen LogP contribution in [0.2, 0.25) is 4.34 Å². The zero-order chi connectivity index (χ0) is 20.3. The molecule has 0 bridgehead atoms. The van der Waals surface area contributed by atoms with Crippen LogP contribution in [0.25, 0.3) is 10.7 Å². The smallest absolute Gasteiger partial charge is 0.298 e. The van der Waals surface area contributed by atoms with Gasteiger partial charge in [0, 0.05) is 13.0 Å². The van der Waals surface area contributed by atoms with Crippen molar-refractivity contribution in [3.05, 3.63) is 62.3 Å². The number of carbonyl (C=O) groups excluding carboxylic acids is 1. The lowest BCUT2D eigenvalue weighted by atomic mass is 10.0. The van der Waals surface area contributed by atoms with Gasteiger partial charge in [-0.15, -0.1) is 16.4 Å². The zero-order valence-electron chi connectivity index (χ0n) is 16.3. The molecule has 0 aliphatic carbocycles. The third-order valence-corrected chi connectivity index (χ3v) is 5.75. The Bertz CT molecular complexity index is 1030. The molecular weight excluding hydrogens is 394 g/mol. The Morgan fingerprint density at radius 2 is 1.96 bits per heavy atom. The molecule has 2 aromatic heterocycles. The Morgan fingerprint density at radius 3 is 2.61 bits per heavy atom. The maximum atomic E-state index is 12.9. The van der Waals surface area contributed by atoms with E-state index in [1.807, 2.05) is 51.1 Å². The maximum absolute atomic E-state index is 12.9. The van der Waals surface area contributed by atoms with Crippen LogP contribution in [0.5, 0.6) is 0 Å². The standard InChI is InChI=1S/C21H24ClN3O2S/c1-14(2)12-24-20(18-10-11-19(22)28-18)23-25(21(24)27)13-17(26)9-8-16-7-5-4-6-15(16)3/h4-7,10-11,14H,8-9,12-13H2,1-3H3. The molecule has 0 spiro atoms. The number of ketones is 1. The van der Waals surface area contributed by atoms with Gasteiger partial charge in [-0.1, -0.05) is 49.7 Å². The summed E-state index contributed by atoms with van der Waals surface area (Å²) in [5.41, 5.74) is 2.07. The van der Waals surface area contributed by atoms with E-state index in [2.05, 4.69) is 5.10 Å². The van der Waals surface area contributed by atoms with Gasteiger partial charge in [0.05, 0.1) is 9.21 Å². The van der Waals surface area contributed by atoms with E-state index in [-0.39, 0.29) is 23.9 Å². The molecule has 5 nitrogen and oxygen atoms in total. The van der Waals surface area contributed by atoms with Crippen LogP contribution in [-0.2, 0) is 24.3 Å². The highest BCUT2D eigenvalue weighted by Crippen LogP contribution is 2.29. The molecule has 0 amide bonds. The number of aromatic nitrogens is 3. The molecule has 0 saturated carbocycles. The van der Waals surface area contributed by atoms with E-state index >= 15 is 0 Å². The monoisotopic (exact) mass is 417 g/mol. The van der Waals surface area contributed by atoms with Gasteiger partial charge in [-0.3, -0.25) is 9.36 Å². The van der Waals surface area contributed by atoms with Crippen molar-refractivity contribution in [3.8, 4) is 10.7 Å². The van der Waals surface area contributed by atoms with E-state index in [4.69, 9.17) is 11.6 Å². The van der Waals surface area contributed by atoms with E-state index in [1.54, 1.807) is 10.6 Å². The second kappa shape index (κ2) is 8.88. The van der Waals surface area contributed by atoms with Gasteiger partial charge in [-0.2, -0.15) is 0 Å². The van der Waals surface area contributed by atoms with E-state index in [9.17, 15) is 9.59 Å². The number of Topliss-reactive ketones (excluding diaryl/α,β-unsaturated/α-hetero) is 1. The van der Waals surface area contributed by atoms with E-state index in [0.29, 0.717) is 29.5 Å². The molecule has 0 aliphatic rings. The lowest BCUT2D eigenvalue weighted by molar-refractivity contribution is -0.119. The average molecular weight is 418 g/mol. The zero-order valence-corrected chi connectivity index (χ0v) is 17.9. The van der Waals surface area contributed by atoms with E-state index in [1.165, 1.54) is 21.6 Å². The van der Waals surface area contributed by atoms with Gasteiger partial charge >= 0.3 is 5.69 Å². The Labute approximate surface area is 173 Å². The van der Waals surface area contributed by atoms with Gasteiger partial charge in [0.15, 0.2) is 11.6 Å². The highest BCUT2D eigenvalue weighted by Gasteiger charge is 2.19. The highest BCUT2D eigenvalue weighted by molar-refractivity contribution is 7.19. The fourth-order valence-corrected chi connectivity index (χ4v) is 4.14. The second-order valence-corrected chi connectivity index (χ2v) is 9.05. The van der Waals surface area contributed by atoms with Crippen molar-refractivity contribution in [2.24, 2.45) is 5.92 Å². The van der Waals surface area contributed by atoms with Crippen molar-refractivity contribution in [2.45, 2.75) is 46.7 Å². The predicted octanol–water partition coefficient (Wildman–Crippen LogP) is 4.59. The number of halogens is 1. The first-order chi connectivity index (χ1) is 13.3. The summed E-state index contributed by atoms with van der Waals surface area (Å²) in [4.78, 5) is 26.2. The molecule has 0 unspecified atom stereocenters. The number of carbonyl (C=O) groups is 1. The van der Waals surface area contributed by atoms with Crippen molar-refractivity contribution >= 4 is 28.7 Å². The fourth-order valence-electron chi connectivity index (χ4n) is 3.10. The van der Waals surface area contributed by atoms with Crippen molar-refractivity contribution in [2.75, 3.05) is 0 Å². The molecule has 3 aromatic rings. The van der Waals surface area contributed by atoms with Crippen molar-refractivity contribution in [1.82, 2.24) is 14.3 Å². The first-order valence-electron chi connectivity index (χ1n) is 9.34. The molecule has 0 fully saturated rings. The molecule has 3 rings (SSSR count). The number of hydrogen-bond donors (Lipinski definition) is 0. The van der Waals surface area contributed by atoms with Gasteiger partial charge < -0.3 is 0 Å². The van der Waals surface area contributed by atoms with Crippen molar-refractivity contribution in [3.63, 3.8) is 0 Å². The summed E-state index contributed by atoms with van der Waals surface area (Å²) in [5.74, 6) is 0.846. The van der Waals surface area contributed by atoms with E-state index in [0.717, 1.165) is 10.4 Å². The largest absolute Gasteiger partial charge is 0.346 e. The minimum absolute atomic E-state index is 0.00434. The van der Waals surface area contributed by atoms with Crippen LogP contribution in [0.3, 0.4) is 0 Å². The molecule has 0 atom stereocenters. The van der Waals surface area contributed by atoms with Gasteiger partial charge in [0.1, 0.15) is 6.54 Å². The third kappa shape index (κ3) is 4.80. The van der Waals surface area contributed by atoms with Crippen LogP contribution in [-0.4, -0.2) is 20.1 Å². The minimum Gasteiger partial charge on any atom is -0.298 e. The lowest BCUT2D eigenvalue weighted by Crippen LogP contribution is -2.29. The Hall–Kier alpha value is -2.18. The van der Waals surface area contributed by atoms with Crippen LogP contribution in [0.15, 0.2) is 41.2 Å². The molecule has 28 heavy (non-hydrogen) atoms. The minimum atomic E-state index is -0.252. The predicted molar refractivity (Wildman–Crippen MR) is 114 cm³/mol. The SMILES string of the molecule is Cc1ccccc1CCC(=O)Cn1nc(-c2ccc(Cl)s2)n(CC(C)C)c1=O.